The quantitative estimate of drug-likeness (QED) is 0.775. The number of hydrogen-bond acceptors (Lipinski definition) is 4. The number of nitrogens with zero attached hydrogens (tertiary/aromatic N) is 2. The first kappa shape index (κ1) is 18.8. The van der Waals surface area contributed by atoms with Gasteiger partial charge in [0.15, 0.2) is 0 Å². The number of hydrogen-bond donors (Lipinski definition) is 0. The minimum atomic E-state index is -3.55. The van der Waals surface area contributed by atoms with Gasteiger partial charge in [-0.3, -0.25) is 0 Å². The lowest BCUT2D eigenvalue weighted by molar-refractivity contribution is 0.190. The highest BCUT2D eigenvalue weighted by molar-refractivity contribution is 7.89. The van der Waals surface area contributed by atoms with Crippen LogP contribution < -0.4 is 4.74 Å². The van der Waals surface area contributed by atoms with Crippen LogP contribution in [0.2, 0.25) is 0 Å². The largest absolute Gasteiger partial charge is 0.497 e. The molecule has 0 aliphatic carbocycles. The maximum absolute atomic E-state index is 13.0. The average Bonchev–Trinajstić information content (AvgIpc) is 2.67. The third kappa shape index (κ3) is 4.41. The first-order chi connectivity index (χ1) is 12.5. The Hall–Kier alpha value is -1.96. The van der Waals surface area contributed by atoms with Gasteiger partial charge in [-0.15, -0.1) is 0 Å². The van der Waals surface area contributed by atoms with E-state index < -0.39 is 15.8 Å². The molecule has 1 aliphatic heterocycles. The maximum atomic E-state index is 13.0. The standard InChI is InChI=1S/C19H23FN2O3S/c1-25-18-6-2-16(3-7-18)10-11-21-12-14-22(15-13-21)26(23,24)19-8-4-17(20)5-9-19/h2-9H,10-15H2,1H3. The average molecular weight is 378 g/mol. The molecule has 1 fully saturated rings. The Morgan fingerprint density at radius 1 is 0.962 bits per heavy atom. The summed E-state index contributed by atoms with van der Waals surface area (Å²) in [4.78, 5) is 2.41. The van der Waals surface area contributed by atoms with E-state index in [9.17, 15) is 12.8 Å². The van der Waals surface area contributed by atoms with E-state index in [-0.39, 0.29) is 4.90 Å². The van der Waals surface area contributed by atoms with Crippen LogP contribution >= 0.6 is 0 Å². The van der Waals surface area contributed by atoms with Crippen LogP contribution in [0.3, 0.4) is 0 Å². The highest BCUT2D eigenvalue weighted by Gasteiger charge is 2.28. The number of ether oxygens (including phenoxy) is 1. The Labute approximate surface area is 154 Å². The van der Waals surface area contributed by atoms with Crippen LogP contribution in [-0.4, -0.2) is 57.5 Å². The Bertz CT molecular complexity index is 815. The summed E-state index contributed by atoms with van der Waals surface area (Å²) in [6.07, 6.45) is 0.911. The summed E-state index contributed by atoms with van der Waals surface area (Å²) >= 11 is 0. The number of methoxy groups -OCH3 is 1. The minimum Gasteiger partial charge on any atom is -0.497 e. The van der Waals surface area contributed by atoms with E-state index in [1.165, 1.54) is 34.1 Å². The fourth-order valence-corrected chi connectivity index (χ4v) is 4.45. The number of benzene rings is 2. The highest BCUT2D eigenvalue weighted by atomic mass is 32.2. The molecule has 0 aromatic heterocycles. The van der Waals surface area contributed by atoms with Crippen LogP contribution in [0, 0.1) is 5.82 Å². The predicted octanol–water partition coefficient (Wildman–Crippen LogP) is 2.38. The minimum absolute atomic E-state index is 0.144. The SMILES string of the molecule is COc1ccc(CCN2CCN(S(=O)(=O)c3ccc(F)cc3)CC2)cc1. The highest BCUT2D eigenvalue weighted by Crippen LogP contribution is 2.18. The molecule has 2 aromatic rings. The summed E-state index contributed by atoms with van der Waals surface area (Å²) in [7, 11) is -1.90. The molecular formula is C19H23FN2O3S. The molecule has 0 N–H and O–H groups in total. The van der Waals surface area contributed by atoms with E-state index in [2.05, 4.69) is 4.90 Å². The Morgan fingerprint density at radius 2 is 1.58 bits per heavy atom. The summed E-state index contributed by atoms with van der Waals surface area (Å²) in [6.45, 7) is 3.16. The first-order valence-electron chi connectivity index (χ1n) is 8.60. The number of rotatable bonds is 6. The Kier molecular flexibility index (Phi) is 5.90. The molecule has 3 rings (SSSR count). The second-order valence-corrected chi connectivity index (χ2v) is 8.24. The van der Waals surface area contributed by atoms with Gasteiger partial charge in [-0.1, -0.05) is 12.1 Å². The second kappa shape index (κ2) is 8.16. The van der Waals surface area contributed by atoms with Gasteiger partial charge in [0.2, 0.25) is 10.0 Å². The summed E-state index contributed by atoms with van der Waals surface area (Å²) in [5.41, 5.74) is 1.23. The van der Waals surface area contributed by atoms with Crippen LogP contribution in [0.4, 0.5) is 4.39 Å². The molecule has 0 unspecified atom stereocenters. The smallest absolute Gasteiger partial charge is 0.243 e. The van der Waals surface area contributed by atoms with Gasteiger partial charge < -0.3 is 9.64 Å². The van der Waals surface area contributed by atoms with E-state index in [1.807, 2.05) is 24.3 Å². The third-order valence-electron chi connectivity index (χ3n) is 4.66. The van der Waals surface area contributed by atoms with Crippen molar-refractivity contribution in [3.8, 4) is 5.75 Å². The van der Waals surface area contributed by atoms with Crippen LogP contribution in [0.15, 0.2) is 53.4 Å². The van der Waals surface area contributed by atoms with Gasteiger partial charge in [0.1, 0.15) is 11.6 Å². The van der Waals surface area contributed by atoms with Crippen molar-refractivity contribution < 1.29 is 17.5 Å². The van der Waals surface area contributed by atoms with Crippen LogP contribution in [0.25, 0.3) is 0 Å². The molecule has 1 heterocycles. The fourth-order valence-electron chi connectivity index (χ4n) is 3.03. The lowest BCUT2D eigenvalue weighted by Crippen LogP contribution is -2.48. The summed E-state index contributed by atoms with van der Waals surface area (Å²) in [6, 6.07) is 13.0. The van der Waals surface area contributed by atoms with Gasteiger partial charge in [0.25, 0.3) is 0 Å². The Balaban J connectivity index is 1.52. The molecule has 0 bridgehead atoms. The molecule has 140 valence electrons. The van der Waals surface area contributed by atoms with E-state index in [1.54, 1.807) is 7.11 Å². The monoisotopic (exact) mass is 378 g/mol. The summed E-state index contributed by atoms with van der Waals surface area (Å²) in [5.74, 6) is 0.403. The summed E-state index contributed by atoms with van der Waals surface area (Å²) in [5, 5.41) is 0. The lowest BCUT2D eigenvalue weighted by atomic mass is 10.1. The molecule has 2 aromatic carbocycles. The van der Waals surface area contributed by atoms with E-state index >= 15 is 0 Å². The maximum Gasteiger partial charge on any atom is 0.243 e. The zero-order valence-corrected chi connectivity index (χ0v) is 15.6. The van der Waals surface area contributed by atoms with E-state index in [0.717, 1.165) is 18.7 Å². The zero-order valence-electron chi connectivity index (χ0n) is 14.8. The van der Waals surface area contributed by atoms with Crippen molar-refractivity contribution in [3.05, 3.63) is 59.9 Å². The topological polar surface area (TPSA) is 49.9 Å². The van der Waals surface area contributed by atoms with Crippen molar-refractivity contribution >= 4 is 10.0 Å². The van der Waals surface area contributed by atoms with Gasteiger partial charge in [0, 0.05) is 32.7 Å². The third-order valence-corrected chi connectivity index (χ3v) is 6.57. The van der Waals surface area contributed by atoms with E-state index in [0.29, 0.717) is 26.2 Å². The van der Waals surface area contributed by atoms with Gasteiger partial charge >= 0.3 is 0 Å². The van der Waals surface area contributed by atoms with Gasteiger partial charge in [-0.05, 0) is 48.4 Å². The molecule has 1 aliphatic rings. The second-order valence-electron chi connectivity index (χ2n) is 6.30. The molecule has 0 spiro atoms. The van der Waals surface area contributed by atoms with Crippen molar-refractivity contribution in [3.63, 3.8) is 0 Å². The molecule has 0 atom stereocenters. The fraction of sp³-hybridized carbons (Fsp3) is 0.368. The first-order valence-corrected chi connectivity index (χ1v) is 10.0. The molecule has 1 saturated heterocycles. The van der Waals surface area contributed by atoms with Crippen molar-refractivity contribution in [2.24, 2.45) is 0 Å². The van der Waals surface area contributed by atoms with Crippen molar-refractivity contribution in [1.82, 2.24) is 9.21 Å². The zero-order chi connectivity index (χ0) is 18.6. The number of piperazine rings is 1. The van der Waals surface area contributed by atoms with Crippen molar-refractivity contribution in [1.29, 1.82) is 0 Å². The van der Waals surface area contributed by atoms with Crippen LogP contribution in [0.5, 0.6) is 5.75 Å². The summed E-state index contributed by atoms with van der Waals surface area (Å²) < 4.78 is 44.9. The van der Waals surface area contributed by atoms with Gasteiger partial charge in [-0.25, -0.2) is 12.8 Å². The molecular weight excluding hydrogens is 355 g/mol. The molecule has 7 heteroatoms. The van der Waals surface area contributed by atoms with Gasteiger partial charge in [-0.2, -0.15) is 4.31 Å². The Morgan fingerprint density at radius 3 is 2.15 bits per heavy atom. The molecule has 0 saturated carbocycles. The van der Waals surface area contributed by atoms with Crippen molar-refractivity contribution in [2.75, 3.05) is 39.8 Å². The van der Waals surface area contributed by atoms with Crippen LogP contribution in [-0.2, 0) is 16.4 Å². The molecule has 0 radical (unpaired) electrons. The van der Waals surface area contributed by atoms with Crippen molar-refractivity contribution in [2.45, 2.75) is 11.3 Å². The predicted molar refractivity (Wildman–Crippen MR) is 98.3 cm³/mol. The van der Waals surface area contributed by atoms with E-state index in [4.69, 9.17) is 4.74 Å². The number of sulfonamides is 1. The molecule has 0 amide bonds. The lowest BCUT2D eigenvalue weighted by Gasteiger charge is -2.34. The normalized spacial score (nSPS) is 16.5. The molecule has 26 heavy (non-hydrogen) atoms. The number of halogens is 1. The molecule has 5 nitrogen and oxygen atoms in total. The van der Waals surface area contributed by atoms with Crippen LogP contribution in [0.1, 0.15) is 5.56 Å². The van der Waals surface area contributed by atoms with Gasteiger partial charge in [0.05, 0.1) is 12.0 Å².